The van der Waals surface area contributed by atoms with Crippen molar-refractivity contribution in [2.45, 2.75) is 19.8 Å². The molecule has 29 heavy (non-hydrogen) atoms. The first kappa shape index (κ1) is 17.5. The van der Waals surface area contributed by atoms with Gasteiger partial charge in [0, 0.05) is 18.0 Å². The van der Waals surface area contributed by atoms with Crippen LogP contribution in [0.1, 0.15) is 34.0 Å². The number of para-hydroxylation sites is 1. The van der Waals surface area contributed by atoms with Crippen LogP contribution < -0.4 is 4.74 Å². The van der Waals surface area contributed by atoms with E-state index in [1.54, 1.807) is 7.11 Å². The predicted octanol–water partition coefficient (Wildman–Crippen LogP) is 4.79. The van der Waals surface area contributed by atoms with Crippen LogP contribution in [0.25, 0.3) is 11.3 Å². The van der Waals surface area contributed by atoms with Crippen LogP contribution in [0.15, 0.2) is 73.3 Å². The number of fused-ring (bicyclic) bond motifs is 2. The van der Waals surface area contributed by atoms with E-state index >= 15 is 0 Å². The average molecular weight is 382 g/mol. The number of rotatable bonds is 4. The van der Waals surface area contributed by atoms with Gasteiger partial charge in [-0.3, -0.25) is 0 Å². The van der Waals surface area contributed by atoms with E-state index in [0.717, 1.165) is 34.0 Å². The maximum Gasteiger partial charge on any atom is 0.137 e. The van der Waals surface area contributed by atoms with Gasteiger partial charge >= 0.3 is 0 Å². The minimum absolute atomic E-state index is 0.0819. The summed E-state index contributed by atoms with van der Waals surface area (Å²) < 4.78 is 10.0. The number of pyridine rings is 2. The van der Waals surface area contributed by atoms with Crippen molar-refractivity contribution >= 4 is 11.3 Å². The number of aromatic nitrogens is 4. The Labute approximate surface area is 169 Å². The molecule has 144 valence electrons. The molecule has 0 spiro atoms. The SMILES string of the molecule is COc1ccccc1C(c1cnc2cc(C)ccn12)c1cnc2cc(C)ccn12. The molecular formula is C24H22N4O. The quantitative estimate of drug-likeness (QED) is 0.449. The van der Waals surface area contributed by atoms with Gasteiger partial charge in [-0.05, 0) is 55.3 Å². The number of hydrogen-bond donors (Lipinski definition) is 0. The van der Waals surface area contributed by atoms with Gasteiger partial charge in [0.15, 0.2) is 0 Å². The highest BCUT2D eigenvalue weighted by atomic mass is 16.5. The third-order valence-corrected chi connectivity index (χ3v) is 5.44. The van der Waals surface area contributed by atoms with Gasteiger partial charge in [0.25, 0.3) is 0 Å². The summed E-state index contributed by atoms with van der Waals surface area (Å²) in [5, 5.41) is 0. The molecule has 5 rings (SSSR count). The zero-order valence-electron chi connectivity index (χ0n) is 16.7. The standard InChI is InChI=1S/C24H22N4O/c1-16-8-10-27-19(14-25-22(27)12-16)24(18-6-4-5-7-21(18)29-3)20-15-26-23-13-17(2)9-11-28(20)23/h4-15,24H,1-3H3. The number of hydrogen-bond acceptors (Lipinski definition) is 3. The molecule has 0 unspecified atom stereocenters. The molecule has 0 aliphatic carbocycles. The Bertz CT molecular complexity index is 1250. The second-order valence-corrected chi connectivity index (χ2v) is 7.41. The number of imidazole rings is 2. The summed E-state index contributed by atoms with van der Waals surface area (Å²) in [5.74, 6) is 0.767. The summed E-state index contributed by atoms with van der Waals surface area (Å²) in [4.78, 5) is 9.36. The molecule has 0 atom stereocenters. The number of nitrogens with zero attached hydrogens (tertiary/aromatic N) is 4. The molecule has 0 aliphatic rings. The Morgan fingerprint density at radius 3 is 1.90 bits per heavy atom. The first-order valence-electron chi connectivity index (χ1n) is 9.66. The molecule has 4 heterocycles. The lowest BCUT2D eigenvalue weighted by Gasteiger charge is -2.20. The van der Waals surface area contributed by atoms with Crippen LogP contribution in [0.2, 0.25) is 0 Å². The van der Waals surface area contributed by atoms with Gasteiger partial charge in [0.1, 0.15) is 17.0 Å². The number of benzene rings is 1. The van der Waals surface area contributed by atoms with E-state index in [1.807, 2.05) is 30.6 Å². The van der Waals surface area contributed by atoms with Crippen LogP contribution in [0, 0.1) is 13.8 Å². The van der Waals surface area contributed by atoms with Gasteiger partial charge in [-0.15, -0.1) is 0 Å². The van der Waals surface area contributed by atoms with E-state index in [9.17, 15) is 0 Å². The van der Waals surface area contributed by atoms with Crippen LogP contribution in [-0.2, 0) is 0 Å². The van der Waals surface area contributed by atoms with E-state index in [1.165, 1.54) is 11.1 Å². The highest BCUT2D eigenvalue weighted by Crippen LogP contribution is 2.37. The van der Waals surface area contributed by atoms with E-state index in [4.69, 9.17) is 4.74 Å². The van der Waals surface area contributed by atoms with E-state index in [-0.39, 0.29) is 5.92 Å². The van der Waals surface area contributed by atoms with Crippen LogP contribution in [0.4, 0.5) is 0 Å². The van der Waals surface area contributed by atoms with Gasteiger partial charge in [0.05, 0.1) is 36.8 Å². The Kier molecular flexibility index (Phi) is 4.09. The van der Waals surface area contributed by atoms with Crippen LogP contribution in [0.3, 0.4) is 0 Å². The van der Waals surface area contributed by atoms with Gasteiger partial charge in [0.2, 0.25) is 0 Å². The minimum Gasteiger partial charge on any atom is -0.496 e. The average Bonchev–Trinajstić information content (AvgIpc) is 3.33. The minimum atomic E-state index is -0.0819. The van der Waals surface area contributed by atoms with Crippen molar-refractivity contribution in [3.63, 3.8) is 0 Å². The zero-order chi connectivity index (χ0) is 20.0. The maximum absolute atomic E-state index is 5.73. The predicted molar refractivity (Wildman–Crippen MR) is 114 cm³/mol. The Morgan fingerprint density at radius 2 is 1.34 bits per heavy atom. The zero-order valence-corrected chi connectivity index (χ0v) is 16.7. The molecule has 0 saturated heterocycles. The molecule has 0 fully saturated rings. The summed E-state index contributed by atoms with van der Waals surface area (Å²) in [6.07, 6.45) is 8.09. The fourth-order valence-electron chi connectivity index (χ4n) is 4.01. The molecule has 0 bridgehead atoms. The summed E-state index contributed by atoms with van der Waals surface area (Å²) in [5.41, 5.74) is 7.48. The highest BCUT2D eigenvalue weighted by Gasteiger charge is 2.26. The van der Waals surface area contributed by atoms with Gasteiger partial charge in [-0.1, -0.05) is 18.2 Å². The number of methoxy groups -OCH3 is 1. The second-order valence-electron chi connectivity index (χ2n) is 7.41. The Morgan fingerprint density at radius 1 is 0.793 bits per heavy atom. The molecule has 0 N–H and O–H groups in total. The largest absolute Gasteiger partial charge is 0.496 e. The van der Waals surface area contributed by atoms with E-state index < -0.39 is 0 Å². The second kappa shape index (κ2) is 6.78. The normalized spacial score (nSPS) is 11.6. The van der Waals surface area contributed by atoms with Gasteiger partial charge < -0.3 is 13.5 Å². The molecule has 5 aromatic rings. The fraction of sp³-hybridized carbons (Fsp3) is 0.167. The summed E-state index contributed by atoms with van der Waals surface area (Å²) in [7, 11) is 1.71. The smallest absolute Gasteiger partial charge is 0.137 e. The van der Waals surface area contributed by atoms with Crippen molar-refractivity contribution in [1.82, 2.24) is 18.8 Å². The van der Waals surface area contributed by atoms with Crippen molar-refractivity contribution in [2.24, 2.45) is 0 Å². The summed E-state index contributed by atoms with van der Waals surface area (Å²) in [6, 6.07) is 16.6. The lowest BCUT2D eigenvalue weighted by molar-refractivity contribution is 0.408. The topological polar surface area (TPSA) is 43.8 Å². The molecule has 0 saturated carbocycles. The van der Waals surface area contributed by atoms with Crippen molar-refractivity contribution in [3.8, 4) is 5.75 Å². The van der Waals surface area contributed by atoms with Gasteiger partial charge in [-0.25, -0.2) is 9.97 Å². The van der Waals surface area contributed by atoms with Crippen LogP contribution in [0.5, 0.6) is 5.75 Å². The number of ether oxygens (including phenoxy) is 1. The van der Waals surface area contributed by atoms with Crippen LogP contribution >= 0.6 is 0 Å². The first-order valence-corrected chi connectivity index (χ1v) is 9.66. The van der Waals surface area contributed by atoms with E-state index in [2.05, 4.69) is 75.3 Å². The summed E-state index contributed by atoms with van der Waals surface area (Å²) in [6.45, 7) is 4.16. The molecule has 0 aliphatic heterocycles. The lowest BCUT2D eigenvalue weighted by atomic mass is 9.92. The highest BCUT2D eigenvalue weighted by molar-refractivity contribution is 5.53. The van der Waals surface area contributed by atoms with E-state index in [0.29, 0.717) is 0 Å². The van der Waals surface area contributed by atoms with Crippen molar-refractivity contribution in [3.05, 3.63) is 101 Å². The molecule has 0 radical (unpaired) electrons. The van der Waals surface area contributed by atoms with Gasteiger partial charge in [-0.2, -0.15) is 0 Å². The third-order valence-electron chi connectivity index (χ3n) is 5.44. The molecular weight excluding hydrogens is 360 g/mol. The first-order chi connectivity index (χ1) is 14.2. The lowest BCUT2D eigenvalue weighted by Crippen LogP contribution is -2.10. The maximum atomic E-state index is 5.73. The monoisotopic (exact) mass is 382 g/mol. The van der Waals surface area contributed by atoms with Crippen molar-refractivity contribution < 1.29 is 4.74 Å². The molecule has 5 heteroatoms. The molecule has 4 aromatic heterocycles. The summed E-state index contributed by atoms with van der Waals surface area (Å²) >= 11 is 0. The fourth-order valence-corrected chi connectivity index (χ4v) is 4.01. The molecule has 1 aromatic carbocycles. The number of aryl methyl sites for hydroxylation is 2. The van der Waals surface area contributed by atoms with Crippen LogP contribution in [-0.4, -0.2) is 25.9 Å². The molecule has 0 amide bonds. The molecule has 5 nitrogen and oxygen atoms in total. The van der Waals surface area contributed by atoms with Crippen molar-refractivity contribution in [1.29, 1.82) is 0 Å². The third kappa shape index (κ3) is 2.86. The van der Waals surface area contributed by atoms with Crippen molar-refractivity contribution in [2.75, 3.05) is 7.11 Å². The Balaban J connectivity index is 1.81. The Hall–Kier alpha value is -3.60.